The molecule has 1 aliphatic rings. The van der Waals surface area contributed by atoms with Crippen molar-refractivity contribution in [2.75, 3.05) is 0 Å². The first-order valence-electron chi connectivity index (χ1n) is 7.01. The molecule has 1 fully saturated rings. The van der Waals surface area contributed by atoms with Crippen molar-refractivity contribution in [1.82, 2.24) is 0 Å². The smallest absolute Gasteiger partial charge is 0.0655 e. The maximum atomic E-state index is 8.95. The van der Waals surface area contributed by atoms with Crippen LogP contribution in [0.2, 0.25) is 0 Å². The third-order valence-corrected chi connectivity index (χ3v) is 4.13. The van der Waals surface area contributed by atoms with Crippen LogP contribution in [-0.2, 0) is 5.41 Å². The van der Waals surface area contributed by atoms with Gasteiger partial charge in [0.1, 0.15) is 0 Å². The van der Waals surface area contributed by atoms with Crippen molar-refractivity contribution in [3.63, 3.8) is 0 Å². The normalized spacial score (nSPS) is 24.6. The molecule has 0 saturated heterocycles. The van der Waals surface area contributed by atoms with E-state index in [-0.39, 0.29) is 5.41 Å². The van der Waals surface area contributed by atoms with E-state index in [1.54, 1.807) is 0 Å². The molecule has 0 atom stereocenters. The molecule has 96 valence electrons. The topological polar surface area (TPSA) is 23.8 Å². The molecule has 18 heavy (non-hydrogen) atoms. The van der Waals surface area contributed by atoms with Gasteiger partial charge < -0.3 is 0 Å². The molecular formula is C17H23N. The first-order valence-corrected chi connectivity index (χ1v) is 7.01. The lowest BCUT2D eigenvalue weighted by molar-refractivity contribution is 0.382. The Morgan fingerprint density at radius 2 is 1.78 bits per heavy atom. The second-order valence-corrected chi connectivity index (χ2v) is 6.55. The van der Waals surface area contributed by atoms with E-state index in [1.807, 2.05) is 0 Å². The minimum atomic E-state index is 0.222. The van der Waals surface area contributed by atoms with Gasteiger partial charge in [0.25, 0.3) is 0 Å². The zero-order valence-electron chi connectivity index (χ0n) is 11.7. The van der Waals surface area contributed by atoms with Crippen LogP contribution in [0.25, 0.3) is 0 Å². The Bertz CT molecular complexity index is 439. The van der Waals surface area contributed by atoms with Gasteiger partial charge in [-0.1, -0.05) is 45.0 Å². The Labute approximate surface area is 111 Å². The minimum absolute atomic E-state index is 0.222. The third-order valence-electron chi connectivity index (χ3n) is 4.13. The van der Waals surface area contributed by atoms with E-state index in [0.29, 0.717) is 11.8 Å². The molecule has 0 amide bonds. The lowest BCUT2D eigenvalue weighted by atomic mass is 9.77. The maximum absolute atomic E-state index is 8.95. The summed E-state index contributed by atoms with van der Waals surface area (Å²) in [5.74, 6) is 0.962. The molecule has 1 aromatic carbocycles. The van der Waals surface area contributed by atoms with Crippen molar-refractivity contribution < 1.29 is 0 Å². The predicted molar refractivity (Wildman–Crippen MR) is 75.5 cm³/mol. The lowest BCUT2D eigenvalue weighted by Crippen LogP contribution is -2.14. The van der Waals surface area contributed by atoms with Crippen LogP contribution in [0, 0.1) is 17.2 Å². The van der Waals surface area contributed by atoms with Gasteiger partial charge in [-0.2, -0.15) is 5.26 Å². The third kappa shape index (κ3) is 2.93. The highest BCUT2D eigenvalue weighted by Crippen LogP contribution is 2.36. The summed E-state index contributed by atoms with van der Waals surface area (Å²) < 4.78 is 0. The van der Waals surface area contributed by atoms with Gasteiger partial charge in [0.2, 0.25) is 0 Å². The molecule has 0 unspecified atom stereocenters. The summed E-state index contributed by atoms with van der Waals surface area (Å²) in [5, 5.41) is 8.95. The summed E-state index contributed by atoms with van der Waals surface area (Å²) in [6.45, 7) is 6.79. The van der Waals surface area contributed by atoms with E-state index >= 15 is 0 Å². The highest BCUT2D eigenvalue weighted by atomic mass is 14.3. The van der Waals surface area contributed by atoms with Gasteiger partial charge in [0, 0.05) is 5.92 Å². The van der Waals surface area contributed by atoms with Crippen LogP contribution in [0.4, 0.5) is 0 Å². The van der Waals surface area contributed by atoms with E-state index in [4.69, 9.17) is 5.26 Å². The molecule has 0 radical (unpaired) electrons. The fourth-order valence-electron chi connectivity index (χ4n) is 2.81. The lowest BCUT2D eigenvalue weighted by Gasteiger charge is -2.27. The molecule has 1 aliphatic carbocycles. The zero-order valence-corrected chi connectivity index (χ0v) is 11.7. The van der Waals surface area contributed by atoms with Gasteiger partial charge in [0.15, 0.2) is 0 Å². The molecular weight excluding hydrogens is 218 g/mol. The number of hydrogen-bond acceptors (Lipinski definition) is 1. The average molecular weight is 241 g/mol. The van der Waals surface area contributed by atoms with Crippen molar-refractivity contribution in [3.8, 4) is 6.07 Å². The molecule has 0 aliphatic heterocycles. The summed E-state index contributed by atoms with van der Waals surface area (Å²) in [6.07, 6.45) is 4.49. The molecule has 1 saturated carbocycles. The first-order chi connectivity index (χ1) is 8.50. The van der Waals surface area contributed by atoms with Crippen LogP contribution in [0.15, 0.2) is 24.3 Å². The van der Waals surface area contributed by atoms with Crippen LogP contribution in [0.1, 0.15) is 63.5 Å². The van der Waals surface area contributed by atoms with Gasteiger partial charge in [-0.3, -0.25) is 0 Å². The highest BCUT2D eigenvalue weighted by molar-refractivity contribution is 5.31. The number of hydrogen-bond donors (Lipinski definition) is 0. The van der Waals surface area contributed by atoms with Crippen molar-refractivity contribution >= 4 is 0 Å². The molecule has 2 rings (SSSR count). The number of benzene rings is 1. The molecule has 0 spiro atoms. The summed E-state index contributed by atoms with van der Waals surface area (Å²) in [6, 6.07) is 11.5. The summed E-state index contributed by atoms with van der Waals surface area (Å²) >= 11 is 0. The number of nitriles is 1. The van der Waals surface area contributed by atoms with E-state index < -0.39 is 0 Å². The fraction of sp³-hybridized carbons (Fsp3) is 0.588. The van der Waals surface area contributed by atoms with Gasteiger partial charge in [-0.25, -0.2) is 0 Å². The Balaban J connectivity index is 2.13. The predicted octanol–water partition coefficient (Wildman–Crippen LogP) is 4.78. The standard InChI is InChI=1S/C17H23N/c1-17(2,3)16-6-4-5-15(11-16)14-9-7-13(12-18)8-10-14/h4-6,11,13-14H,7-10H2,1-3H3. The van der Waals surface area contributed by atoms with Crippen molar-refractivity contribution in [2.45, 2.75) is 57.8 Å². The molecule has 0 aromatic heterocycles. The summed E-state index contributed by atoms with van der Waals surface area (Å²) in [5.41, 5.74) is 3.11. The molecule has 0 heterocycles. The van der Waals surface area contributed by atoms with Crippen LogP contribution in [-0.4, -0.2) is 0 Å². The Morgan fingerprint density at radius 1 is 1.11 bits per heavy atom. The monoisotopic (exact) mass is 241 g/mol. The van der Waals surface area contributed by atoms with E-state index in [9.17, 15) is 0 Å². The van der Waals surface area contributed by atoms with Crippen molar-refractivity contribution in [2.24, 2.45) is 5.92 Å². The number of rotatable bonds is 1. The minimum Gasteiger partial charge on any atom is -0.198 e. The molecule has 0 bridgehead atoms. The Kier molecular flexibility index (Phi) is 3.76. The van der Waals surface area contributed by atoms with Crippen molar-refractivity contribution in [1.29, 1.82) is 5.26 Å². The summed E-state index contributed by atoms with van der Waals surface area (Å²) in [4.78, 5) is 0. The van der Waals surface area contributed by atoms with Gasteiger partial charge in [-0.15, -0.1) is 0 Å². The van der Waals surface area contributed by atoms with Crippen LogP contribution in [0.3, 0.4) is 0 Å². The van der Waals surface area contributed by atoms with Gasteiger partial charge in [-0.05, 0) is 48.1 Å². The van der Waals surface area contributed by atoms with E-state index in [2.05, 4.69) is 51.1 Å². The largest absolute Gasteiger partial charge is 0.198 e. The van der Waals surface area contributed by atoms with Crippen LogP contribution in [0.5, 0.6) is 0 Å². The molecule has 1 heteroatoms. The molecule has 1 aromatic rings. The van der Waals surface area contributed by atoms with E-state index in [1.165, 1.54) is 24.0 Å². The average Bonchev–Trinajstić information content (AvgIpc) is 2.38. The highest BCUT2D eigenvalue weighted by Gasteiger charge is 2.23. The van der Waals surface area contributed by atoms with Crippen LogP contribution < -0.4 is 0 Å². The molecule has 0 N–H and O–H groups in total. The zero-order chi connectivity index (χ0) is 13.2. The summed E-state index contributed by atoms with van der Waals surface area (Å²) in [7, 11) is 0. The maximum Gasteiger partial charge on any atom is 0.0655 e. The van der Waals surface area contributed by atoms with Crippen LogP contribution >= 0.6 is 0 Å². The second kappa shape index (κ2) is 5.14. The van der Waals surface area contributed by atoms with Gasteiger partial charge >= 0.3 is 0 Å². The molecule has 1 nitrogen and oxygen atoms in total. The fourth-order valence-corrected chi connectivity index (χ4v) is 2.81. The van der Waals surface area contributed by atoms with E-state index in [0.717, 1.165) is 12.8 Å². The van der Waals surface area contributed by atoms with Crippen molar-refractivity contribution in [3.05, 3.63) is 35.4 Å². The Morgan fingerprint density at radius 3 is 2.33 bits per heavy atom. The Hall–Kier alpha value is -1.29. The SMILES string of the molecule is CC(C)(C)c1cccc(C2CCC(C#N)CC2)c1. The first kappa shape index (κ1) is 13.1. The van der Waals surface area contributed by atoms with Gasteiger partial charge in [0.05, 0.1) is 6.07 Å². The quantitative estimate of drug-likeness (QED) is 0.694. The number of nitrogens with zero attached hydrogens (tertiary/aromatic N) is 1. The second-order valence-electron chi connectivity index (χ2n) is 6.55.